The molecule has 148 valence electrons. The van der Waals surface area contributed by atoms with Crippen LogP contribution < -0.4 is 5.32 Å². The Morgan fingerprint density at radius 3 is 1.84 bits per heavy atom. The standard InChI is InChI=1S/C21H42N2O2/c1-10-17(11-2)23(13-4,15-24)19(12-3)18(14-16(5)6)20(25)22-21(7,8)9/h15-19H,10-14H2,1-9H3/p+1. The van der Waals surface area contributed by atoms with Gasteiger partial charge in [-0.05, 0) is 59.3 Å². The molecule has 25 heavy (non-hydrogen) atoms. The fraction of sp³-hybridized carbons (Fsp3) is 0.905. The Balaban J connectivity index is 6.02. The molecule has 4 nitrogen and oxygen atoms in total. The van der Waals surface area contributed by atoms with Gasteiger partial charge >= 0.3 is 6.41 Å². The fourth-order valence-electron chi connectivity index (χ4n) is 4.34. The second-order valence-electron chi connectivity index (χ2n) is 8.84. The smallest absolute Gasteiger partial charge is 0.301 e. The third-order valence-electron chi connectivity index (χ3n) is 5.43. The minimum atomic E-state index is -0.261. The van der Waals surface area contributed by atoms with E-state index in [1.807, 2.05) is 20.8 Å². The van der Waals surface area contributed by atoms with Gasteiger partial charge in [0.1, 0.15) is 6.04 Å². The summed E-state index contributed by atoms with van der Waals surface area (Å²) in [5, 5.41) is 3.17. The van der Waals surface area contributed by atoms with Crippen molar-refractivity contribution < 1.29 is 14.1 Å². The quantitative estimate of drug-likeness (QED) is 0.437. The van der Waals surface area contributed by atoms with Gasteiger partial charge in [0.25, 0.3) is 0 Å². The Kier molecular flexibility index (Phi) is 9.93. The van der Waals surface area contributed by atoms with Crippen molar-refractivity contribution in [2.24, 2.45) is 11.8 Å². The first-order valence-electron chi connectivity index (χ1n) is 10.2. The van der Waals surface area contributed by atoms with E-state index in [0.717, 1.165) is 38.6 Å². The zero-order valence-electron chi connectivity index (χ0n) is 18.2. The lowest BCUT2D eigenvalue weighted by atomic mass is 9.83. The molecule has 4 heteroatoms. The highest BCUT2D eigenvalue weighted by molar-refractivity contribution is 5.80. The van der Waals surface area contributed by atoms with Gasteiger partial charge in [0.2, 0.25) is 5.91 Å². The van der Waals surface area contributed by atoms with Crippen LogP contribution in [0.1, 0.15) is 88.0 Å². The van der Waals surface area contributed by atoms with Crippen LogP contribution in [0.5, 0.6) is 0 Å². The van der Waals surface area contributed by atoms with Crippen LogP contribution in [0.25, 0.3) is 0 Å². The average Bonchev–Trinajstić information content (AvgIpc) is 2.51. The number of carbonyl (C=O) groups is 2. The summed E-state index contributed by atoms with van der Waals surface area (Å²) in [7, 11) is 0. The predicted molar refractivity (Wildman–Crippen MR) is 106 cm³/mol. The summed E-state index contributed by atoms with van der Waals surface area (Å²) in [6.07, 6.45) is 4.68. The van der Waals surface area contributed by atoms with Crippen molar-refractivity contribution in [2.75, 3.05) is 6.54 Å². The summed E-state index contributed by atoms with van der Waals surface area (Å²) < 4.78 is 0.401. The van der Waals surface area contributed by atoms with Gasteiger partial charge < -0.3 is 5.32 Å². The van der Waals surface area contributed by atoms with E-state index in [2.05, 4.69) is 46.9 Å². The van der Waals surface area contributed by atoms with Crippen molar-refractivity contribution in [1.82, 2.24) is 5.32 Å². The molecular formula is C21H43N2O2+. The second-order valence-corrected chi connectivity index (χ2v) is 8.84. The third-order valence-corrected chi connectivity index (χ3v) is 5.43. The van der Waals surface area contributed by atoms with E-state index in [1.165, 1.54) is 0 Å². The molecule has 0 aromatic carbocycles. The molecule has 1 N–H and O–H groups in total. The van der Waals surface area contributed by atoms with Crippen molar-refractivity contribution >= 4 is 12.3 Å². The number of hydrogen-bond donors (Lipinski definition) is 1. The molecule has 2 amide bonds. The van der Waals surface area contributed by atoms with E-state index in [9.17, 15) is 9.59 Å². The van der Waals surface area contributed by atoms with Crippen LogP contribution in [-0.2, 0) is 9.59 Å². The summed E-state index contributed by atoms with van der Waals surface area (Å²) in [5.74, 6) is 0.365. The van der Waals surface area contributed by atoms with Crippen LogP contribution in [0.2, 0.25) is 0 Å². The molecule has 0 rings (SSSR count). The van der Waals surface area contributed by atoms with Gasteiger partial charge in [-0.3, -0.25) is 9.28 Å². The fourth-order valence-corrected chi connectivity index (χ4v) is 4.34. The summed E-state index contributed by atoms with van der Waals surface area (Å²) in [5.41, 5.74) is -0.261. The topological polar surface area (TPSA) is 46.2 Å². The van der Waals surface area contributed by atoms with Crippen LogP contribution in [0.4, 0.5) is 0 Å². The van der Waals surface area contributed by atoms with Crippen molar-refractivity contribution in [3.8, 4) is 0 Å². The van der Waals surface area contributed by atoms with E-state index >= 15 is 0 Å². The Morgan fingerprint density at radius 2 is 1.56 bits per heavy atom. The molecule has 0 bridgehead atoms. The molecule has 0 aromatic rings. The van der Waals surface area contributed by atoms with Crippen LogP contribution >= 0.6 is 0 Å². The van der Waals surface area contributed by atoms with E-state index in [0.29, 0.717) is 10.4 Å². The van der Waals surface area contributed by atoms with Crippen LogP contribution in [0, 0.1) is 11.8 Å². The minimum Gasteiger partial charge on any atom is -0.351 e. The lowest BCUT2D eigenvalue weighted by Gasteiger charge is -2.47. The van der Waals surface area contributed by atoms with Gasteiger partial charge in [-0.1, -0.05) is 34.6 Å². The number of hydrogen-bond acceptors (Lipinski definition) is 2. The van der Waals surface area contributed by atoms with Crippen LogP contribution in [0.15, 0.2) is 0 Å². The third kappa shape index (κ3) is 6.40. The number of quaternary nitrogens is 1. The molecule has 0 aliphatic carbocycles. The Hall–Kier alpha value is -0.900. The lowest BCUT2D eigenvalue weighted by Crippen LogP contribution is -2.64. The highest BCUT2D eigenvalue weighted by atomic mass is 16.2. The maximum atomic E-state index is 13.1. The highest BCUT2D eigenvalue weighted by Crippen LogP contribution is 2.32. The van der Waals surface area contributed by atoms with Gasteiger partial charge in [-0.25, -0.2) is 4.79 Å². The van der Waals surface area contributed by atoms with E-state index < -0.39 is 0 Å². The first-order chi connectivity index (χ1) is 11.5. The summed E-state index contributed by atoms with van der Waals surface area (Å²) >= 11 is 0. The molecule has 0 fully saturated rings. The van der Waals surface area contributed by atoms with Gasteiger partial charge in [0, 0.05) is 5.54 Å². The Labute approximate surface area is 156 Å². The van der Waals surface area contributed by atoms with Crippen LogP contribution in [0.3, 0.4) is 0 Å². The van der Waals surface area contributed by atoms with Gasteiger partial charge in [-0.2, -0.15) is 0 Å². The van der Waals surface area contributed by atoms with E-state index in [-0.39, 0.29) is 29.4 Å². The molecule has 0 aliphatic heterocycles. The van der Waals surface area contributed by atoms with E-state index in [1.54, 1.807) is 0 Å². The molecule has 0 radical (unpaired) electrons. The zero-order chi connectivity index (χ0) is 19.8. The number of nitrogens with one attached hydrogen (secondary N) is 1. The van der Waals surface area contributed by atoms with Crippen molar-refractivity contribution in [3.63, 3.8) is 0 Å². The lowest BCUT2D eigenvalue weighted by molar-refractivity contribution is -0.897. The average molecular weight is 356 g/mol. The maximum absolute atomic E-state index is 13.1. The molecule has 0 saturated carbocycles. The first kappa shape index (κ1) is 24.1. The summed E-state index contributed by atoms with van der Waals surface area (Å²) in [6.45, 7) is 19.6. The van der Waals surface area contributed by atoms with Crippen LogP contribution in [-0.4, -0.2) is 41.0 Å². The Bertz CT molecular complexity index is 411. The summed E-state index contributed by atoms with van der Waals surface area (Å²) in [6, 6.07) is 0.293. The molecule has 0 spiro atoms. The molecule has 0 heterocycles. The van der Waals surface area contributed by atoms with Gasteiger partial charge in [-0.15, -0.1) is 0 Å². The SMILES string of the molecule is CCC(CC)[N+](C=O)(CC)C(CC)C(CC(C)C)C(=O)NC(C)(C)C. The number of amides is 2. The second kappa shape index (κ2) is 10.3. The van der Waals surface area contributed by atoms with Crippen molar-refractivity contribution in [2.45, 2.75) is 106 Å². The predicted octanol–water partition coefficient (Wildman–Crippen LogP) is 4.52. The number of carbonyl (C=O) groups excluding carboxylic acids is 2. The molecule has 3 atom stereocenters. The molecule has 0 saturated heterocycles. The highest BCUT2D eigenvalue weighted by Gasteiger charge is 2.47. The molecule has 0 aliphatic rings. The van der Waals surface area contributed by atoms with Crippen molar-refractivity contribution in [3.05, 3.63) is 0 Å². The van der Waals surface area contributed by atoms with Gasteiger partial charge in [0.15, 0.2) is 0 Å². The maximum Gasteiger partial charge on any atom is 0.301 e. The Morgan fingerprint density at radius 1 is 1.04 bits per heavy atom. The molecule has 3 unspecified atom stereocenters. The first-order valence-corrected chi connectivity index (χ1v) is 10.2. The summed E-state index contributed by atoms with van der Waals surface area (Å²) in [4.78, 5) is 25.5. The monoisotopic (exact) mass is 355 g/mol. The minimum absolute atomic E-state index is 0.0251. The normalized spacial score (nSPS) is 17.2. The molecular weight excluding hydrogens is 312 g/mol. The molecule has 0 aromatic heterocycles. The number of rotatable bonds is 11. The largest absolute Gasteiger partial charge is 0.351 e. The number of nitrogens with zero attached hydrogens (tertiary/aromatic N) is 1. The van der Waals surface area contributed by atoms with Gasteiger partial charge in [0.05, 0.1) is 18.5 Å². The van der Waals surface area contributed by atoms with Crippen molar-refractivity contribution in [1.29, 1.82) is 0 Å². The van der Waals surface area contributed by atoms with E-state index in [4.69, 9.17) is 0 Å². The zero-order valence-corrected chi connectivity index (χ0v) is 18.2.